The van der Waals surface area contributed by atoms with Gasteiger partial charge in [0.15, 0.2) is 0 Å². The van der Waals surface area contributed by atoms with Gasteiger partial charge in [-0.05, 0) is 35.6 Å². The van der Waals surface area contributed by atoms with Crippen LogP contribution >= 0.6 is 22.9 Å². The predicted molar refractivity (Wildman–Crippen MR) is 137 cm³/mol. The van der Waals surface area contributed by atoms with Gasteiger partial charge in [-0.15, -0.1) is 11.3 Å². The monoisotopic (exact) mass is 535 g/mol. The summed E-state index contributed by atoms with van der Waals surface area (Å²) in [5.74, 6) is -0.356. The molecule has 35 heavy (non-hydrogen) atoms. The highest BCUT2D eigenvalue weighted by Crippen LogP contribution is 2.29. The first kappa shape index (κ1) is 26.8. The third-order valence-electron chi connectivity index (χ3n) is 5.32. The lowest BCUT2D eigenvalue weighted by Crippen LogP contribution is -2.42. The molecule has 0 atom stereocenters. The average Bonchev–Trinajstić information content (AvgIpc) is 3.35. The Kier molecular flexibility index (Phi) is 9.39. The van der Waals surface area contributed by atoms with Crippen molar-refractivity contribution in [3.63, 3.8) is 0 Å². The molecule has 0 spiro atoms. The number of carbonyl (C=O) groups excluding carboxylic acids is 1. The molecule has 0 saturated heterocycles. The molecule has 186 valence electrons. The lowest BCUT2D eigenvalue weighted by atomic mass is 10.2. The number of nitrogens with zero attached hydrogens (tertiary/aromatic N) is 3. The van der Waals surface area contributed by atoms with E-state index in [-0.39, 0.29) is 28.9 Å². The predicted octanol–water partition coefficient (Wildman–Crippen LogP) is 5.33. The summed E-state index contributed by atoms with van der Waals surface area (Å²) in [4.78, 5) is 26.3. The van der Waals surface area contributed by atoms with Gasteiger partial charge in [0, 0.05) is 24.0 Å². The number of unbranched alkanes of at least 4 members (excludes halogenated alkanes) is 1. The van der Waals surface area contributed by atoms with Crippen LogP contribution in [0.15, 0.2) is 70.9 Å². The summed E-state index contributed by atoms with van der Waals surface area (Å²) >= 11 is 7.38. The van der Waals surface area contributed by atoms with E-state index in [1.807, 2.05) is 54.8 Å². The van der Waals surface area contributed by atoms with Crippen molar-refractivity contribution in [2.24, 2.45) is 0 Å². The third kappa shape index (κ3) is 7.11. The van der Waals surface area contributed by atoms with Crippen molar-refractivity contribution in [2.75, 3.05) is 13.1 Å². The normalized spacial score (nSPS) is 11.5. The Morgan fingerprint density at radius 2 is 1.83 bits per heavy atom. The highest BCUT2D eigenvalue weighted by atomic mass is 35.5. The molecule has 1 amide bonds. The second-order valence-corrected chi connectivity index (χ2v) is 11.3. The van der Waals surface area contributed by atoms with E-state index in [0.29, 0.717) is 25.9 Å². The zero-order valence-electron chi connectivity index (χ0n) is 19.2. The second kappa shape index (κ2) is 12.3. The standard InChI is InChI=1S/C24H26ClN3O5S2/c1-2-3-13-27(35(32,33)21-11-12-22(25)23(15-21)28(30)31)18-24(29)26(17-20-10-7-14-34-20)16-19-8-5-4-6-9-19/h4-12,14-15H,2-3,13,16-18H2,1H3. The fourth-order valence-corrected chi connectivity index (χ4v) is 5.79. The molecule has 3 aromatic rings. The molecule has 1 aromatic heterocycles. The number of thiophene rings is 1. The number of rotatable bonds is 12. The summed E-state index contributed by atoms with van der Waals surface area (Å²) in [5, 5.41) is 13.1. The summed E-state index contributed by atoms with van der Waals surface area (Å²) in [6.07, 6.45) is 1.25. The number of nitro benzene ring substituents is 1. The van der Waals surface area contributed by atoms with Crippen LogP contribution in [0.5, 0.6) is 0 Å². The number of amides is 1. The van der Waals surface area contributed by atoms with Gasteiger partial charge in [-0.3, -0.25) is 14.9 Å². The Morgan fingerprint density at radius 1 is 1.09 bits per heavy atom. The van der Waals surface area contributed by atoms with Crippen molar-refractivity contribution < 1.29 is 18.1 Å². The fraction of sp³-hybridized carbons (Fsp3) is 0.292. The van der Waals surface area contributed by atoms with Crippen molar-refractivity contribution in [1.29, 1.82) is 0 Å². The SMILES string of the molecule is CCCCN(CC(=O)N(Cc1ccccc1)Cc1cccs1)S(=O)(=O)c1ccc(Cl)c([N+](=O)[O-])c1. The van der Waals surface area contributed by atoms with Gasteiger partial charge in [0.2, 0.25) is 15.9 Å². The van der Waals surface area contributed by atoms with Crippen molar-refractivity contribution in [3.05, 3.63) is 91.6 Å². The van der Waals surface area contributed by atoms with Crippen LogP contribution in [0, 0.1) is 10.1 Å². The molecule has 11 heteroatoms. The summed E-state index contributed by atoms with van der Waals surface area (Å²) in [7, 11) is -4.18. The topological polar surface area (TPSA) is 101 Å². The van der Waals surface area contributed by atoms with E-state index in [0.717, 1.165) is 20.8 Å². The van der Waals surface area contributed by atoms with Gasteiger partial charge in [-0.25, -0.2) is 8.42 Å². The lowest BCUT2D eigenvalue weighted by molar-refractivity contribution is -0.384. The van der Waals surface area contributed by atoms with Gasteiger partial charge in [-0.2, -0.15) is 4.31 Å². The summed E-state index contributed by atoms with van der Waals surface area (Å²) in [5.41, 5.74) is 0.423. The second-order valence-electron chi connectivity index (χ2n) is 7.88. The number of halogens is 1. The zero-order valence-corrected chi connectivity index (χ0v) is 21.6. The molecule has 2 aromatic carbocycles. The molecule has 0 unspecified atom stereocenters. The third-order valence-corrected chi connectivity index (χ3v) is 8.34. The van der Waals surface area contributed by atoms with Crippen LogP contribution in [0.1, 0.15) is 30.2 Å². The molecule has 0 aliphatic rings. The number of nitro groups is 1. The molecule has 0 radical (unpaired) electrons. The average molecular weight is 536 g/mol. The van der Waals surface area contributed by atoms with Gasteiger partial charge >= 0.3 is 0 Å². The molecule has 0 fully saturated rings. The van der Waals surface area contributed by atoms with Gasteiger partial charge < -0.3 is 4.90 Å². The van der Waals surface area contributed by atoms with E-state index < -0.39 is 20.6 Å². The maximum Gasteiger partial charge on any atom is 0.289 e. The van der Waals surface area contributed by atoms with E-state index in [4.69, 9.17) is 11.6 Å². The maximum atomic E-state index is 13.4. The maximum absolute atomic E-state index is 13.4. The summed E-state index contributed by atoms with van der Waals surface area (Å²) in [6.45, 7) is 2.32. The molecule has 0 aliphatic carbocycles. The van der Waals surface area contributed by atoms with E-state index in [9.17, 15) is 23.3 Å². The molecule has 0 aliphatic heterocycles. The first-order chi connectivity index (χ1) is 16.7. The first-order valence-corrected chi connectivity index (χ1v) is 13.7. The number of sulfonamides is 1. The lowest BCUT2D eigenvalue weighted by Gasteiger charge is -2.27. The highest BCUT2D eigenvalue weighted by Gasteiger charge is 2.30. The largest absolute Gasteiger partial charge is 0.332 e. The number of hydrogen-bond donors (Lipinski definition) is 0. The quantitative estimate of drug-likeness (QED) is 0.230. The molecule has 1 heterocycles. The Hall–Kier alpha value is -2.79. The molecule has 8 nitrogen and oxygen atoms in total. The van der Waals surface area contributed by atoms with Crippen LogP contribution in [-0.4, -0.2) is 41.5 Å². The molecule has 0 saturated carbocycles. The molecular weight excluding hydrogens is 510 g/mol. The van der Waals surface area contributed by atoms with Crippen LogP contribution in [0.3, 0.4) is 0 Å². The van der Waals surface area contributed by atoms with Gasteiger partial charge in [0.05, 0.1) is 22.9 Å². The molecule has 0 bridgehead atoms. The van der Waals surface area contributed by atoms with Gasteiger partial charge in [-0.1, -0.05) is 61.3 Å². The summed E-state index contributed by atoms with van der Waals surface area (Å²) in [6, 6.07) is 16.6. The fourth-order valence-electron chi connectivity index (χ4n) is 3.44. The van der Waals surface area contributed by atoms with E-state index >= 15 is 0 Å². The van der Waals surface area contributed by atoms with Crippen LogP contribution in [0.2, 0.25) is 5.02 Å². The Morgan fingerprint density at radius 3 is 2.46 bits per heavy atom. The minimum absolute atomic E-state index is 0.110. The van der Waals surface area contributed by atoms with Crippen molar-refractivity contribution in [3.8, 4) is 0 Å². The number of hydrogen-bond acceptors (Lipinski definition) is 6. The van der Waals surface area contributed by atoms with E-state index in [1.54, 1.807) is 4.90 Å². The molecule has 3 rings (SSSR count). The van der Waals surface area contributed by atoms with Crippen LogP contribution < -0.4 is 0 Å². The highest BCUT2D eigenvalue weighted by molar-refractivity contribution is 7.89. The molecular formula is C24H26ClN3O5S2. The van der Waals surface area contributed by atoms with Crippen LogP contribution in [0.25, 0.3) is 0 Å². The van der Waals surface area contributed by atoms with Crippen molar-refractivity contribution in [1.82, 2.24) is 9.21 Å². The van der Waals surface area contributed by atoms with Gasteiger partial charge in [0.1, 0.15) is 5.02 Å². The Labute approximate surface area is 214 Å². The number of benzene rings is 2. The number of carbonyl (C=O) groups is 1. The Bertz CT molecular complexity index is 1250. The summed E-state index contributed by atoms with van der Waals surface area (Å²) < 4.78 is 28.0. The zero-order chi connectivity index (χ0) is 25.4. The van der Waals surface area contributed by atoms with Crippen LogP contribution in [0.4, 0.5) is 5.69 Å². The Balaban J connectivity index is 1.90. The van der Waals surface area contributed by atoms with Crippen molar-refractivity contribution in [2.45, 2.75) is 37.8 Å². The van der Waals surface area contributed by atoms with E-state index in [1.165, 1.54) is 23.5 Å². The smallest absolute Gasteiger partial charge is 0.289 e. The van der Waals surface area contributed by atoms with Crippen LogP contribution in [-0.2, 0) is 27.9 Å². The van der Waals surface area contributed by atoms with Crippen molar-refractivity contribution >= 4 is 44.6 Å². The van der Waals surface area contributed by atoms with Gasteiger partial charge in [0.25, 0.3) is 5.69 Å². The molecule has 0 N–H and O–H groups in total. The minimum Gasteiger partial charge on any atom is -0.332 e. The minimum atomic E-state index is -4.18. The van der Waals surface area contributed by atoms with E-state index in [2.05, 4.69) is 0 Å². The first-order valence-electron chi connectivity index (χ1n) is 11.0.